The molecule has 0 radical (unpaired) electrons. The Kier molecular flexibility index (Phi) is 4.56. The predicted octanol–water partition coefficient (Wildman–Crippen LogP) is -1.75. The van der Waals surface area contributed by atoms with Gasteiger partial charge in [0.1, 0.15) is 11.8 Å². The van der Waals surface area contributed by atoms with Gasteiger partial charge in [0, 0.05) is 5.92 Å². The topological polar surface area (TPSA) is 144 Å². The van der Waals surface area contributed by atoms with Gasteiger partial charge >= 0.3 is 5.97 Å². The summed E-state index contributed by atoms with van der Waals surface area (Å²) >= 11 is 1.50. The number of carboxylic acids is 1. The molecule has 2 fully saturated rings. The van der Waals surface area contributed by atoms with Gasteiger partial charge in [0.05, 0.1) is 23.0 Å². The fraction of sp³-hybridized carbons (Fsp3) is 0.750. The zero-order valence-corrected chi connectivity index (χ0v) is 13.5. The Bertz CT molecular complexity index is 607. The number of sulfone groups is 1. The van der Waals surface area contributed by atoms with Crippen molar-refractivity contribution in [3.05, 3.63) is 0 Å². The molecule has 0 unspecified atom stereocenters. The quantitative estimate of drug-likeness (QED) is 0.459. The standard InChI is InChI=1S/C12H18N2O6S2/c1-21-3-2-6(13)10(16)14-12(4-15)5-22(19,20)9-7(8(9)12)11(17)18/h4,6-9H,2-3,5,13H2,1H3,(H,14,16)(H,17,18)/t6-,7-,8-,9+,12+/m1/s1. The molecule has 1 saturated heterocycles. The molecule has 0 aromatic rings. The average Bonchev–Trinajstić information content (AvgIpc) is 3.16. The van der Waals surface area contributed by atoms with E-state index in [0.717, 1.165) is 0 Å². The van der Waals surface area contributed by atoms with E-state index in [4.69, 9.17) is 10.8 Å². The second-order valence-electron chi connectivity index (χ2n) is 5.70. The molecule has 5 atom stereocenters. The van der Waals surface area contributed by atoms with Crippen LogP contribution in [0.4, 0.5) is 0 Å². The minimum Gasteiger partial charge on any atom is -0.481 e. The third-order valence-corrected chi connectivity index (χ3v) is 7.16. The average molecular weight is 350 g/mol. The highest BCUT2D eigenvalue weighted by molar-refractivity contribution is 7.98. The Morgan fingerprint density at radius 3 is 2.64 bits per heavy atom. The van der Waals surface area contributed by atoms with Gasteiger partial charge in [0.25, 0.3) is 0 Å². The second-order valence-corrected chi connectivity index (χ2v) is 8.84. The summed E-state index contributed by atoms with van der Waals surface area (Å²) in [6.07, 6.45) is 2.58. The van der Waals surface area contributed by atoms with Crippen molar-refractivity contribution in [2.24, 2.45) is 17.6 Å². The lowest BCUT2D eigenvalue weighted by molar-refractivity contribution is -0.139. The number of nitrogens with two attached hydrogens (primary N) is 1. The van der Waals surface area contributed by atoms with E-state index in [-0.39, 0.29) is 0 Å². The number of aldehydes is 1. The van der Waals surface area contributed by atoms with Gasteiger partial charge in [-0.15, -0.1) is 0 Å². The lowest BCUT2D eigenvalue weighted by Gasteiger charge is -2.27. The normalized spacial score (nSPS) is 36.2. The summed E-state index contributed by atoms with van der Waals surface area (Å²) in [6, 6.07) is -0.868. The Morgan fingerprint density at radius 1 is 1.55 bits per heavy atom. The van der Waals surface area contributed by atoms with Gasteiger partial charge in [0.2, 0.25) is 5.91 Å². The van der Waals surface area contributed by atoms with Crippen LogP contribution in [0.5, 0.6) is 0 Å². The fourth-order valence-corrected chi connectivity index (χ4v) is 6.30. The molecule has 0 spiro atoms. The molecule has 10 heteroatoms. The van der Waals surface area contributed by atoms with Gasteiger partial charge in [-0.3, -0.25) is 9.59 Å². The largest absolute Gasteiger partial charge is 0.481 e. The maximum atomic E-state index is 12.1. The van der Waals surface area contributed by atoms with Crippen LogP contribution in [0.25, 0.3) is 0 Å². The smallest absolute Gasteiger partial charge is 0.308 e. The highest BCUT2D eigenvalue weighted by Crippen LogP contribution is 2.57. The minimum absolute atomic E-state index is 0.345. The Balaban J connectivity index is 2.18. The molecule has 1 aliphatic carbocycles. The van der Waals surface area contributed by atoms with Crippen LogP contribution in [-0.2, 0) is 24.2 Å². The summed E-state index contributed by atoms with van der Waals surface area (Å²) in [7, 11) is -3.72. The molecular weight excluding hydrogens is 332 g/mol. The molecule has 0 aromatic heterocycles. The van der Waals surface area contributed by atoms with Crippen LogP contribution in [0.15, 0.2) is 0 Å². The van der Waals surface area contributed by atoms with Crippen molar-refractivity contribution >= 4 is 39.8 Å². The van der Waals surface area contributed by atoms with Crippen LogP contribution in [0.2, 0.25) is 0 Å². The number of carboxylic acid groups (broad SMARTS) is 1. The molecule has 0 bridgehead atoms. The number of amides is 1. The van der Waals surface area contributed by atoms with Crippen molar-refractivity contribution in [3.63, 3.8) is 0 Å². The van der Waals surface area contributed by atoms with Gasteiger partial charge < -0.3 is 21.0 Å². The zero-order valence-electron chi connectivity index (χ0n) is 11.9. The molecule has 22 heavy (non-hydrogen) atoms. The summed E-state index contributed by atoms with van der Waals surface area (Å²) in [5, 5.41) is 10.4. The number of hydrogen-bond donors (Lipinski definition) is 3. The highest BCUT2D eigenvalue weighted by Gasteiger charge is 2.76. The van der Waals surface area contributed by atoms with Crippen LogP contribution in [-0.4, -0.2) is 66.3 Å². The van der Waals surface area contributed by atoms with Crippen LogP contribution >= 0.6 is 11.8 Å². The third-order valence-electron chi connectivity index (χ3n) is 4.22. The second kappa shape index (κ2) is 5.82. The summed E-state index contributed by atoms with van der Waals surface area (Å²) in [4.78, 5) is 34.7. The number of nitrogens with one attached hydrogen (secondary N) is 1. The summed E-state index contributed by atoms with van der Waals surface area (Å²) in [6.45, 7) is 0. The molecule has 8 nitrogen and oxygen atoms in total. The predicted molar refractivity (Wildman–Crippen MR) is 80.1 cm³/mol. The van der Waals surface area contributed by atoms with E-state index in [2.05, 4.69) is 5.32 Å². The summed E-state index contributed by atoms with van der Waals surface area (Å²) in [5.74, 6) is -3.89. The summed E-state index contributed by atoms with van der Waals surface area (Å²) < 4.78 is 24.0. The molecule has 1 saturated carbocycles. The van der Waals surface area contributed by atoms with Gasteiger partial charge in [-0.05, 0) is 18.4 Å². The number of thioether (sulfide) groups is 1. The lowest BCUT2D eigenvalue weighted by Crippen LogP contribution is -2.58. The van der Waals surface area contributed by atoms with E-state index in [0.29, 0.717) is 18.5 Å². The lowest BCUT2D eigenvalue weighted by atomic mass is 9.95. The van der Waals surface area contributed by atoms with Gasteiger partial charge in [-0.25, -0.2) is 8.42 Å². The number of aliphatic carboxylic acids is 1. The van der Waals surface area contributed by atoms with E-state index in [1.165, 1.54) is 11.8 Å². The SMILES string of the molecule is CSCC[C@@H](N)C(=O)N[C@@]1(C=O)CS(=O)(=O)[C@H]2[C@H](C(=O)O)[C@H]21. The summed E-state index contributed by atoms with van der Waals surface area (Å²) in [5.41, 5.74) is 4.03. The van der Waals surface area contributed by atoms with E-state index in [1.54, 1.807) is 0 Å². The van der Waals surface area contributed by atoms with Crippen LogP contribution in [0, 0.1) is 11.8 Å². The minimum atomic E-state index is -3.72. The van der Waals surface area contributed by atoms with Crippen molar-refractivity contribution in [1.82, 2.24) is 5.32 Å². The zero-order chi connectivity index (χ0) is 16.7. The van der Waals surface area contributed by atoms with Gasteiger partial charge in [-0.1, -0.05) is 0 Å². The van der Waals surface area contributed by atoms with E-state index in [1.807, 2.05) is 6.26 Å². The van der Waals surface area contributed by atoms with E-state index >= 15 is 0 Å². The molecule has 1 amide bonds. The molecule has 2 rings (SSSR count). The number of carbonyl (C=O) groups is 3. The van der Waals surface area contributed by atoms with Gasteiger partial charge in [-0.2, -0.15) is 11.8 Å². The Hall–Kier alpha value is -1.13. The van der Waals surface area contributed by atoms with Crippen molar-refractivity contribution < 1.29 is 27.9 Å². The number of carbonyl (C=O) groups excluding carboxylic acids is 2. The monoisotopic (exact) mass is 350 g/mol. The fourth-order valence-electron chi connectivity index (χ4n) is 3.12. The molecule has 124 valence electrons. The first-order chi connectivity index (χ1) is 10.2. The molecule has 1 heterocycles. The maximum absolute atomic E-state index is 12.1. The molecular formula is C12H18N2O6S2. The van der Waals surface area contributed by atoms with Crippen molar-refractivity contribution in [1.29, 1.82) is 0 Å². The van der Waals surface area contributed by atoms with Crippen molar-refractivity contribution in [3.8, 4) is 0 Å². The maximum Gasteiger partial charge on any atom is 0.308 e. The van der Waals surface area contributed by atoms with Crippen LogP contribution < -0.4 is 11.1 Å². The van der Waals surface area contributed by atoms with Gasteiger partial charge in [0.15, 0.2) is 9.84 Å². The van der Waals surface area contributed by atoms with E-state index in [9.17, 15) is 22.8 Å². The first-order valence-corrected chi connectivity index (χ1v) is 9.78. The third kappa shape index (κ3) is 2.74. The van der Waals surface area contributed by atoms with Crippen LogP contribution in [0.3, 0.4) is 0 Å². The van der Waals surface area contributed by atoms with Crippen LogP contribution in [0.1, 0.15) is 6.42 Å². The Morgan fingerprint density at radius 2 is 2.18 bits per heavy atom. The van der Waals surface area contributed by atoms with Crippen molar-refractivity contribution in [2.45, 2.75) is 23.3 Å². The number of hydrogen-bond acceptors (Lipinski definition) is 7. The molecule has 0 aromatic carbocycles. The number of fused-ring (bicyclic) bond motifs is 1. The van der Waals surface area contributed by atoms with E-state index < -0.39 is 56.1 Å². The number of rotatable bonds is 7. The first-order valence-electron chi connectivity index (χ1n) is 6.67. The highest BCUT2D eigenvalue weighted by atomic mass is 32.2. The molecule has 2 aliphatic rings. The molecule has 1 aliphatic heterocycles. The molecule has 4 N–H and O–H groups in total. The first kappa shape index (κ1) is 17.2. The Labute approximate surface area is 132 Å². The van der Waals surface area contributed by atoms with Crippen molar-refractivity contribution in [2.75, 3.05) is 17.8 Å².